The van der Waals surface area contributed by atoms with Gasteiger partial charge in [-0.1, -0.05) is 157 Å². The maximum Gasteiger partial charge on any atom is 0.0737 e. The Bertz CT molecular complexity index is 2810. The van der Waals surface area contributed by atoms with Crippen molar-refractivity contribution in [1.82, 2.24) is 0 Å². The van der Waals surface area contributed by atoms with Crippen LogP contribution >= 0.6 is 11.8 Å². The predicted octanol–water partition coefficient (Wildman–Crippen LogP) is 14.6. The third-order valence-electron chi connectivity index (χ3n) is 11.5. The molecule has 1 aliphatic heterocycles. The zero-order valence-corrected chi connectivity index (χ0v) is 31.4. The lowest BCUT2D eigenvalue weighted by Gasteiger charge is -2.40. The molecule has 1 unspecified atom stereocenters. The fraction of sp³-hybridized carbons (Fsp3) is 0.0189. The summed E-state index contributed by atoms with van der Waals surface area (Å²) < 4.78 is 0. The second-order valence-electron chi connectivity index (χ2n) is 14.5. The Morgan fingerprint density at radius 3 is 1.57 bits per heavy atom. The lowest BCUT2D eigenvalue weighted by atomic mass is 9.67. The van der Waals surface area contributed by atoms with Gasteiger partial charge in [0.2, 0.25) is 0 Å². The molecule has 0 radical (unpaired) electrons. The SMILES string of the molecule is c1ccc(N(c2ccccc2)c2ccc3c(c2)C2(c4ccccc4Sc4c2ccc2ccccc42)c2cccc(N(c4ccccc4)c4ccccc4)c2-3)cc1. The van der Waals surface area contributed by atoms with Crippen molar-refractivity contribution in [2.45, 2.75) is 15.2 Å². The molecular weight excluding hydrogens is 697 g/mol. The number of para-hydroxylation sites is 4. The highest BCUT2D eigenvalue weighted by Gasteiger charge is 2.51. The largest absolute Gasteiger partial charge is 0.310 e. The molecule has 1 heterocycles. The highest BCUT2D eigenvalue weighted by atomic mass is 32.2. The van der Waals surface area contributed by atoms with Crippen molar-refractivity contribution < 1.29 is 0 Å². The molecule has 0 saturated heterocycles. The molecule has 3 heteroatoms. The predicted molar refractivity (Wildman–Crippen MR) is 235 cm³/mol. The minimum Gasteiger partial charge on any atom is -0.310 e. The van der Waals surface area contributed by atoms with E-state index in [1.165, 1.54) is 53.9 Å². The summed E-state index contributed by atoms with van der Waals surface area (Å²) in [5.74, 6) is 0. The van der Waals surface area contributed by atoms with Gasteiger partial charge in [-0.3, -0.25) is 0 Å². The number of rotatable bonds is 6. The Labute approximate surface area is 332 Å². The molecule has 1 atom stereocenters. The number of hydrogen-bond acceptors (Lipinski definition) is 3. The Kier molecular flexibility index (Phi) is 7.68. The van der Waals surface area contributed by atoms with Crippen LogP contribution < -0.4 is 9.80 Å². The molecule has 0 aromatic heterocycles. The molecule has 9 aromatic rings. The molecule has 264 valence electrons. The van der Waals surface area contributed by atoms with Crippen LogP contribution in [0.25, 0.3) is 21.9 Å². The van der Waals surface area contributed by atoms with Gasteiger partial charge < -0.3 is 9.80 Å². The van der Waals surface area contributed by atoms with E-state index in [-0.39, 0.29) is 0 Å². The maximum atomic E-state index is 2.49. The Morgan fingerprint density at radius 1 is 0.357 bits per heavy atom. The van der Waals surface area contributed by atoms with Crippen LogP contribution in [0.1, 0.15) is 22.3 Å². The van der Waals surface area contributed by atoms with E-state index < -0.39 is 5.41 Å². The van der Waals surface area contributed by atoms with Gasteiger partial charge in [0.1, 0.15) is 0 Å². The van der Waals surface area contributed by atoms with Crippen molar-refractivity contribution in [2.75, 3.05) is 9.80 Å². The zero-order valence-electron chi connectivity index (χ0n) is 30.6. The summed E-state index contributed by atoms with van der Waals surface area (Å²) in [6.07, 6.45) is 0. The van der Waals surface area contributed by atoms with Crippen molar-refractivity contribution in [1.29, 1.82) is 0 Å². The topological polar surface area (TPSA) is 6.48 Å². The molecule has 1 aliphatic carbocycles. The molecule has 2 aliphatic rings. The molecule has 11 rings (SSSR count). The quantitative estimate of drug-likeness (QED) is 0.168. The van der Waals surface area contributed by atoms with Crippen LogP contribution in [0.5, 0.6) is 0 Å². The van der Waals surface area contributed by atoms with E-state index in [4.69, 9.17) is 0 Å². The third-order valence-corrected chi connectivity index (χ3v) is 12.7. The first-order chi connectivity index (χ1) is 27.8. The van der Waals surface area contributed by atoms with Crippen molar-refractivity contribution in [3.8, 4) is 11.1 Å². The summed E-state index contributed by atoms with van der Waals surface area (Å²) in [5.41, 5.74) is 13.9. The van der Waals surface area contributed by atoms with Crippen LogP contribution in [0.15, 0.2) is 228 Å². The minimum atomic E-state index is -0.587. The van der Waals surface area contributed by atoms with E-state index in [0.717, 1.165) is 34.1 Å². The van der Waals surface area contributed by atoms with Crippen LogP contribution in [0, 0.1) is 0 Å². The first kappa shape index (κ1) is 32.6. The first-order valence-electron chi connectivity index (χ1n) is 19.2. The van der Waals surface area contributed by atoms with Gasteiger partial charge in [0.15, 0.2) is 0 Å². The van der Waals surface area contributed by atoms with Crippen LogP contribution in [-0.4, -0.2) is 0 Å². The Balaban J connectivity index is 1.28. The average Bonchev–Trinajstić information content (AvgIpc) is 3.56. The highest BCUT2D eigenvalue weighted by molar-refractivity contribution is 7.99. The average molecular weight is 733 g/mol. The second-order valence-corrected chi connectivity index (χ2v) is 15.5. The summed E-state index contributed by atoms with van der Waals surface area (Å²) in [6, 6.07) is 79.9. The maximum absolute atomic E-state index is 2.49. The van der Waals surface area contributed by atoms with Gasteiger partial charge in [0.25, 0.3) is 0 Å². The van der Waals surface area contributed by atoms with Crippen molar-refractivity contribution >= 4 is 56.7 Å². The molecule has 56 heavy (non-hydrogen) atoms. The first-order valence-corrected chi connectivity index (χ1v) is 20.0. The van der Waals surface area contributed by atoms with Crippen molar-refractivity contribution in [3.05, 3.63) is 241 Å². The molecular formula is C53H36N2S. The van der Waals surface area contributed by atoms with E-state index >= 15 is 0 Å². The minimum absolute atomic E-state index is 0.587. The monoisotopic (exact) mass is 732 g/mol. The highest BCUT2D eigenvalue weighted by Crippen LogP contribution is 2.65. The number of nitrogens with zero attached hydrogens (tertiary/aromatic N) is 2. The third kappa shape index (κ3) is 4.91. The van der Waals surface area contributed by atoms with E-state index in [0.29, 0.717) is 0 Å². The molecule has 0 saturated carbocycles. The van der Waals surface area contributed by atoms with Gasteiger partial charge in [0.05, 0.1) is 11.1 Å². The van der Waals surface area contributed by atoms with Gasteiger partial charge in [-0.15, -0.1) is 0 Å². The fourth-order valence-electron chi connectivity index (χ4n) is 9.20. The Hall–Kier alpha value is -6.81. The molecule has 0 amide bonds. The van der Waals surface area contributed by atoms with E-state index in [9.17, 15) is 0 Å². The van der Waals surface area contributed by atoms with Crippen LogP contribution in [-0.2, 0) is 5.41 Å². The fourth-order valence-corrected chi connectivity index (χ4v) is 10.5. The zero-order chi connectivity index (χ0) is 37.1. The van der Waals surface area contributed by atoms with E-state index in [1.54, 1.807) is 0 Å². The summed E-state index contributed by atoms with van der Waals surface area (Å²) in [5, 5.41) is 2.55. The molecule has 1 spiro atoms. The van der Waals surface area contributed by atoms with Gasteiger partial charge in [0, 0.05) is 43.8 Å². The molecule has 0 N–H and O–H groups in total. The van der Waals surface area contributed by atoms with Gasteiger partial charge >= 0.3 is 0 Å². The van der Waals surface area contributed by atoms with Crippen LogP contribution in [0.3, 0.4) is 0 Å². The molecule has 0 bridgehead atoms. The summed E-state index contributed by atoms with van der Waals surface area (Å²) >= 11 is 1.91. The number of anilines is 6. The Morgan fingerprint density at radius 2 is 0.911 bits per heavy atom. The summed E-state index contributed by atoms with van der Waals surface area (Å²) in [6.45, 7) is 0. The van der Waals surface area contributed by atoms with Gasteiger partial charge in [-0.25, -0.2) is 0 Å². The lowest BCUT2D eigenvalue weighted by molar-refractivity contribution is 0.726. The molecule has 9 aromatic carbocycles. The smallest absolute Gasteiger partial charge is 0.0737 e. The summed E-state index contributed by atoms with van der Waals surface area (Å²) in [7, 11) is 0. The van der Waals surface area contributed by atoms with E-state index in [1.807, 2.05) is 11.8 Å². The van der Waals surface area contributed by atoms with Gasteiger partial charge in [-0.05, 0) is 111 Å². The lowest BCUT2D eigenvalue weighted by Crippen LogP contribution is -2.32. The molecule has 0 fully saturated rings. The number of hydrogen-bond donors (Lipinski definition) is 0. The number of benzene rings is 9. The second kappa shape index (κ2) is 13.2. The normalized spacial score (nSPS) is 14.8. The van der Waals surface area contributed by atoms with E-state index in [2.05, 4.69) is 228 Å². The van der Waals surface area contributed by atoms with Crippen LogP contribution in [0.2, 0.25) is 0 Å². The van der Waals surface area contributed by atoms with Gasteiger partial charge in [-0.2, -0.15) is 0 Å². The number of fused-ring (bicyclic) bond motifs is 11. The van der Waals surface area contributed by atoms with Crippen molar-refractivity contribution in [2.24, 2.45) is 0 Å². The standard InChI is InChI=1S/C53H36N2S/c1-5-19-38(20-6-1)54(39-21-7-2-8-22-39)42-33-34-44-48(36-42)53(45-28-15-16-31-50(45)56-52-43-27-14-13-18-37(43)32-35-47(52)53)46-29-17-30-49(51(44)46)55(40-23-9-3-10-24-40)41-25-11-4-12-26-41/h1-36H. The molecule has 2 nitrogen and oxygen atoms in total. The van der Waals surface area contributed by atoms with Crippen LogP contribution in [0.4, 0.5) is 34.1 Å². The summed E-state index contributed by atoms with van der Waals surface area (Å²) in [4.78, 5) is 7.43. The van der Waals surface area contributed by atoms with Crippen molar-refractivity contribution in [3.63, 3.8) is 0 Å².